The highest BCUT2D eigenvalue weighted by molar-refractivity contribution is 6.09. The van der Waals surface area contributed by atoms with E-state index in [4.69, 9.17) is 9.47 Å². The third-order valence-electron chi connectivity index (χ3n) is 6.93. The van der Waals surface area contributed by atoms with E-state index in [9.17, 15) is 19.2 Å². The zero-order valence-electron chi connectivity index (χ0n) is 20.7. The average molecular weight is 495 g/mol. The minimum absolute atomic E-state index is 0.0912. The largest absolute Gasteiger partial charge is 0.497 e. The van der Waals surface area contributed by atoms with Gasteiger partial charge < -0.3 is 19.7 Å². The molecule has 2 N–H and O–H groups in total. The average Bonchev–Trinajstić information content (AvgIpc) is 3.32. The highest BCUT2D eigenvalue weighted by atomic mass is 16.5. The number of nitrogens with one attached hydrogen (secondary N) is 2. The van der Waals surface area contributed by atoms with Crippen molar-refractivity contribution in [2.75, 3.05) is 33.1 Å². The number of carbonyl (C=O) groups is 4. The van der Waals surface area contributed by atoms with Crippen LogP contribution in [0.3, 0.4) is 0 Å². The molecule has 0 aromatic heterocycles. The van der Waals surface area contributed by atoms with Gasteiger partial charge >= 0.3 is 12.0 Å². The molecule has 2 saturated heterocycles. The number of methoxy groups -OCH3 is 2. The van der Waals surface area contributed by atoms with Crippen LogP contribution in [0.4, 0.5) is 10.5 Å². The first-order valence-corrected chi connectivity index (χ1v) is 11.6. The van der Waals surface area contributed by atoms with Gasteiger partial charge in [-0.05, 0) is 36.8 Å². The third kappa shape index (κ3) is 4.51. The van der Waals surface area contributed by atoms with E-state index in [1.165, 1.54) is 16.9 Å². The fourth-order valence-corrected chi connectivity index (χ4v) is 5.08. The Morgan fingerprint density at radius 3 is 2.33 bits per heavy atom. The van der Waals surface area contributed by atoms with Gasteiger partial charge in [0.25, 0.3) is 0 Å². The van der Waals surface area contributed by atoms with Crippen LogP contribution in [0.15, 0.2) is 54.6 Å². The summed E-state index contributed by atoms with van der Waals surface area (Å²) in [6.45, 7) is 1.78. The molecule has 0 radical (unpaired) electrons. The number of anilines is 1. The number of urea groups is 1. The molecule has 2 fully saturated rings. The maximum atomic E-state index is 13.5. The topological polar surface area (TPSA) is 117 Å². The van der Waals surface area contributed by atoms with Crippen molar-refractivity contribution in [2.45, 2.75) is 25.0 Å². The van der Waals surface area contributed by atoms with Crippen molar-refractivity contribution in [3.05, 3.63) is 60.2 Å². The molecule has 2 heterocycles. The van der Waals surface area contributed by atoms with E-state index in [0.29, 0.717) is 11.4 Å². The number of likely N-dealkylation sites (N-methyl/N-ethyl adjacent to an activating group) is 1. The molecule has 2 aromatic rings. The van der Waals surface area contributed by atoms with Gasteiger partial charge in [0.2, 0.25) is 11.8 Å². The minimum Gasteiger partial charge on any atom is -0.497 e. The van der Waals surface area contributed by atoms with E-state index < -0.39 is 41.3 Å². The molecule has 2 aliphatic rings. The van der Waals surface area contributed by atoms with Crippen molar-refractivity contribution in [2.24, 2.45) is 11.8 Å². The molecule has 0 spiro atoms. The highest BCUT2D eigenvalue weighted by Gasteiger charge is 2.66. The van der Waals surface area contributed by atoms with Crippen molar-refractivity contribution in [3.63, 3.8) is 0 Å². The van der Waals surface area contributed by atoms with Gasteiger partial charge in [-0.25, -0.2) is 4.79 Å². The Balaban J connectivity index is 1.54. The highest BCUT2D eigenvalue weighted by Crippen LogP contribution is 2.44. The molecular weight excluding hydrogens is 464 g/mol. The van der Waals surface area contributed by atoms with E-state index in [0.717, 1.165) is 5.56 Å². The predicted octanol–water partition coefficient (Wildman–Crippen LogP) is 1.86. The van der Waals surface area contributed by atoms with Crippen LogP contribution in [-0.2, 0) is 25.7 Å². The molecule has 10 heteroatoms. The molecule has 2 aliphatic heterocycles. The van der Waals surface area contributed by atoms with Gasteiger partial charge in [-0.3, -0.25) is 24.6 Å². The number of ether oxygens (including phenoxy) is 2. The Hall–Kier alpha value is -3.92. The Bertz CT molecular complexity index is 1150. The molecular formula is C26H30N4O6. The molecule has 4 atom stereocenters. The number of amides is 4. The lowest BCUT2D eigenvalue weighted by Gasteiger charge is -2.30. The number of hydrogen-bond donors (Lipinski definition) is 2. The zero-order valence-corrected chi connectivity index (χ0v) is 20.7. The van der Waals surface area contributed by atoms with Crippen LogP contribution in [0.25, 0.3) is 0 Å². The lowest BCUT2D eigenvalue weighted by molar-refractivity contribution is -0.153. The number of nitrogens with zero attached hydrogens (tertiary/aromatic N) is 2. The van der Waals surface area contributed by atoms with Crippen molar-refractivity contribution >= 4 is 29.5 Å². The Morgan fingerprint density at radius 2 is 1.72 bits per heavy atom. The van der Waals surface area contributed by atoms with Gasteiger partial charge in [0.1, 0.15) is 11.3 Å². The first-order valence-electron chi connectivity index (χ1n) is 11.6. The molecule has 36 heavy (non-hydrogen) atoms. The van der Waals surface area contributed by atoms with Gasteiger partial charge in [0, 0.05) is 25.3 Å². The summed E-state index contributed by atoms with van der Waals surface area (Å²) < 4.78 is 10.1. The van der Waals surface area contributed by atoms with Crippen molar-refractivity contribution < 1.29 is 28.7 Å². The molecule has 2 aromatic carbocycles. The predicted molar refractivity (Wildman–Crippen MR) is 131 cm³/mol. The molecule has 0 unspecified atom stereocenters. The third-order valence-corrected chi connectivity index (χ3v) is 6.93. The Morgan fingerprint density at radius 1 is 1.06 bits per heavy atom. The number of rotatable bonds is 7. The van der Waals surface area contributed by atoms with Crippen LogP contribution in [0.2, 0.25) is 0 Å². The van der Waals surface area contributed by atoms with Crippen molar-refractivity contribution in [1.29, 1.82) is 0 Å². The summed E-state index contributed by atoms with van der Waals surface area (Å²) in [4.78, 5) is 55.2. The zero-order chi connectivity index (χ0) is 26.0. The normalized spacial score (nSPS) is 24.9. The van der Waals surface area contributed by atoms with E-state index in [1.807, 2.05) is 30.3 Å². The SMILES string of the molecule is COC(=O)[C@]1(C)N[C@H](CN(C)C(=O)Nc2ccc(OC)cc2)[C@@H]2C(=O)N(Cc3ccccc3)C(=O)[C@@H]21. The molecule has 4 rings (SSSR count). The van der Waals surface area contributed by atoms with E-state index in [-0.39, 0.29) is 19.0 Å². The second-order valence-electron chi connectivity index (χ2n) is 9.24. The minimum atomic E-state index is -1.41. The monoisotopic (exact) mass is 494 g/mol. The number of carbonyl (C=O) groups excluding carboxylic acids is 4. The van der Waals surface area contributed by atoms with E-state index >= 15 is 0 Å². The molecule has 4 amide bonds. The van der Waals surface area contributed by atoms with Crippen LogP contribution in [0.1, 0.15) is 12.5 Å². The molecule has 0 saturated carbocycles. The van der Waals surface area contributed by atoms with Crippen molar-refractivity contribution in [1.82, 2.24) is 15.1 Å². The summed E-state index contributed by atoms with van der Waals surface area (Å²) in [6.07, 6.45) is 0. The smallest absolute Gasteiger partial charge is 0.326 e. The quantitative estimate of drug-likeness (QED) is 0.446. The van der Waals surface area contributed by atoms with Gasteiger partial charge in [0.15, 0.2) is 0 Å². The maximum absolute atomic E-state index is 13.5. The number of imide groups is 1. The van der Waals surface area contributed by atoms with Gasteiger partial charge in [-0.2, -0.15) is 0 Å². The lowest BCUT2D eigenvalue weighted by Crippen LogP contribution is -2.56. The number of fused-ring (bicyclic) bond motifs is 1. The molecule has 0 aliphatic carbocycles. The second-order valence-corrected chi connectivity index (χ2v) is 9.24. The molecule has 10 nitrogen and oxygen atoms in total. The van der Waals surface area contributed by atoms with Crippen LogP contribution in [-0.4, -0.2) is 73.0 Å². The second kappa shape index (κ2) is 9.98. The fraction of sp³-hybridized carbons (Fsp3) is 0.385. The van der Waals surface area contributed by atoms with E-state index in [1.54, 1.807) is 45.3 Å². The van der Waals surface area contributed by atoms with Crippen molar-refractivity contribution in [3.8, 4) is 5.75 Å². The van der Waals surface area contributed by atoms with Crippen LogP contribution >= 0.6 is 0 Å². The maximum Gasteiger partial charge on any atom is 0.326 e. The summed E-state index contributed by atoms with van der Waals surface area (Å²) in [7, 11) is 4.39. The Kier molecular flexibility index (Phi) is 6.98. The summed E-state index contributed by atoms with van der Waals surface area (Å²) in [6, 6.07) is 15.0. The summed E-state index contributed by atoms with van der Waals surface area (Å²) >= 11 is 0. The van der Waals surface area contributed by atoms with Crippen LogP contribution < -0.4 is 15.4 Å². The number of hydrogen-bond acceptors (Lipinski definition) is 7. The van der Waals surface area contributed by atoms with Crippen LogP contribution in [0, 0.1) is 11.8 Å². The number of benzene rings is 2. The van der Waals surface area contributed by atoms with Gasteiger partial charge in [-0.15, -0.1) is 0 Å². The molecule has 0 bridgehead atoms. The van der Waals surface area contributed by atoms with Gasteiger partial charge in [0.05, 0.1) is 32.6 Å². The number of esters is 1. The summed E-state index contributed by atoms with van der Waals surface area (Å²) in [5.41, 5.74) is -0.0276. The van der Waals surface area contributed by atoms with Gasteiger partial charge in [-0.1, -0.05) is 30.3 Å². The van der Waals surface area contributed by atoms with Crippen LogP contribution in [0.5, 0.6) is 5.75 Å². The first-order chi connectivity index (χ1) is 17.2. The first kappa shape index (κ1) is 25.2. The standard InChI is InChI=1S/C26H30N4O6/c1-26(24(33)36-4)21-20(22(31)30(23(21)32)14-16-8-6-5-7-9-16)19(28-26)15-29(2)25(34)27-17-10-12-18(35-3)13-11-17/h5-13,19-21,28H,14-15H2,1-4H3,(H,27,34)/t19-,20+,21-,26-/m1/s1. The van der Waals surface area contributed by atoms with E-state index in [2.05, 4.69) is 10.6 Å². The number of likely N-dealkylation sites (tertiary alicyclic amines) is 1. The Labute approximate surface area is 209 Å². The summed E-state index contributed by atoms with van der Waals surface area (Å²) in [5, 5.41) is 5.94. The fourth-order valence-electron chi connectivity index (χ4n) is 5.08. The molecule has 190 valence electrons. The summed E-state index contributed by atoms with van der Waals surface area (Å²) in [5.74, 6) is -2.53. The lowest BCUT2D eigenvalue weighted by atomic mass is 9.81.